The van der Waals surface area contributed by atoms with Crippen LogP contribution >= 0.6 is 0 Å². The first-order valence-corrected chi connectivity index (χ1v) is 6.91. The highest BCUT2D eigenvalue weighted by molar-refractivity contribution is 5.76. The van der Waals surface area contributed by atoms with Gasteiger partial charge in [-0.3, -0.25) is 0 Å². The van der Waals surface area contributed by atoms with E-state index in [0.717, 1.165) is 44.9 Å². The van der Waals surface area contributed by atoms with E-state index in [-0.39, 0.29) is 11.6 Å². The van der Waals surface area contributed by atoms with Gasteiger partial charge in [0.1, 0.15) is 0 Å². The van der Waals surface area contributed by atoms with Crippen molar-refractivity contribution >= 4 is 6.03 Å². The first kappa shape index (κ1) is 11.3. The van der Waals surface area contributed by atoms with Gasteiger partial charge < -0.3 is 15.5 Å². The van der Waals surface area contributed by atoms with Gasteiger partial charge in [-0.15, -0.1) is 0 Å². The topological polar surface area (TPSA) is 49.6 Å². The van der Waals surface area contributed by atoms with Crippen LogP contribution in [-0.2, 0) is 0 Å². The van der Waals surface area contributed by atoms with E-state index in [1.165, 1.54) is 12.8 Å². The summed E-state index contributed by atoms with van der Waals surface area (Å²) >= 11 is 0. The van der Waals surface area contributed by atoms with Crippen molar-refractivity contribution < 1.29 is 4.79 Å². The summed E-state index contributed by atoms with van der Waals surface area (Å²) in [6.07, 6.45) is 4.82. The highest BCUT2D eigenvalue weighted by atomic mass is 16.2. The molecule has 3 aliphatic rings. The second-order valence-corrected chi connectivity index (χ2v) is 6.32. The molecule has 96 valence electrons. The number of likely N-dealkylation sites (tertiary alicyclic amines) is 2. The Morgan fingerprint density at radius 1 is 1.12 bits per heavy atom. The molecule has 2 aliphatic heterocycles. The van der Waals surface area contributed by atoms with Gasteiger partial charge in [0, 0.05) is 26.2 Å². The molecule has 0 spiro atoms. The zero-order chi connectivity index (χ0) is 12.0. The van der Waals surface area contributed by atoms with E-state index in [2.05, 4.69) is 6.92 Å². The fraction of sp³-hybridized carbons (Fsp3) is 0.923. The Bertz CT molecular complexity index is 313. The van der Waals surface area contributed by atoms with Crippen molar-refractivity contribution in [3.05, 3.63) is 0 Å². The second-order valence-electron chi connectivity index (χ2n) is 6.32. The molecule has 0 aromatic heterocycles. The van der Waals surface area contributed by atoms with Crippen LogP contribution in [0, 0.1) is 11.8 Å². The maximum Gasteiger partial charge on any atom is 0.320 e. The predicted molar refractivity (Wildman–Crippen MR) is 66.6 cm³/mol. The zero-order valence-electron chi connectivity index (χ0n) is 10.7. The number of amides is 2. The number of carbonyl (C=O) groups is 1. The maximum absolute atomic E-state index is 12.2. The van der Waals surface area contributed by atoms with Crippen LogP contribution in [0.15, 0.2) is 0 Å². The van der Waals surface area contributed by atoms with Crippen molar-refractivity contribution in [3.63, 3.8) is 0 Å². The van der Waals surface area contributed by atoms with Gasteiger partial charge in [-0.25, -0.2) is 4.79 Å². The van der Waals surface area contributed by atoms with Crippen LogP contribution < -0.4 is 5.73 Å². The number of hydrogen-bond donors (Lipinski definition) is 1. The van der Waals surface area contributed by atoms with Gasteiger partial charge in [-0.05, 0) is 37.5 Å². The quantitative estimate of drug-likeness (QED) is 0.746. The van der Waals surface area contributed by atoms with Crippen LogP contribution in [0.4, 0.5) is 4.79 Å². The monoisotopic (exact) mass is 237 g/mol. The van der Waals surface area contributed by atoms with E-state index in [9.17, 15) is 4.79 Å². The Morgan fingerprint density at radius 2 is 1.71 bits per heavy atom. The summed E-state index contributed by atoms with van der Waals surface area (Å²) in [5.41, 5.74) is 6.23. The Hall–Kier alpha value is -0.770. The summed E-state index contributed by atoms with van der Waals surface area (Å²) in [5.74, 6) is 1.46. The standard InChI is InChI=1S/C13H23N3O/c1-10-4-6-15(7-5-10)12(17)16-8-13(14,9-16)11-2-3-11/h10-11H,2-9,14H2,1H3. The average molecular weight is 237 g/mol. The lowest BCUT2D eigenvalue weighted by atomic mass is 9.86. The molecule has 1 aliphatic carbocycles. The highest BCUT2D eigenvalue weighted by Crippen LogP contribution is 2.43. The first-order chi connectivity index (χ1) is 8.08. The Morgan fingerprint density at radius 3 is 2.24 bits per heavy atom. The molecule has 4 nitrogen and oxygen atoms in total. The SMILES string of the molecule is CC1CCN(C(=O)N2CC(N)(C3CC3)C2)CC1. The molecule has 17 heavy (non-hydrogen) atoms. The number of urea groups is 1. The molecule has 0 atom stereocenters. The van der Waals surface area contributed by atoms with Crippen molar-refractivity contribution in [1.82, 2.24) is 9.80 Å². The molecule has 2 heterocycles. The Kier molecular flexibility index (Phi) is 2.58. The number of nitrogens with zero attached hydrogens (tertiary/aromatic N) is 2. The normalized spacial score (nSPS) is 29.1. The minimum Gasteiger partial charge on any atom is -0.325 e. The summed E-state index contributed by atoms with van der Waals surface area (Å²) in [4.78, 5) is 16.2. The van der Waals surface area contributed by atoms with E-state index < -0.39 is 0 Å². The highest BCUT2D eigenvalue weighted by Gasteiger charge is 2.52. The van der Waals surface area contributed by atoms with E-state index >= 15 is 0 Å². The summed E-state index contributed by atoms with van der Waals surface area (Å²) in [7, 11) is 0. The molecule has 2 N–H and O–H groups in total. The largest absolute Gasteiger partial charge is 0.325 e. The minimum absolute atomic E-state index is 0.0429. The zero-order valence-corrected chi connectivity index (χ0v) is 10.7. The van der Waals surface area contributed by atoms with Crippen molar-refractivity contribution in [1.29, 1.82) is 0 Å². The van der Waals surface area contributed by atoms with Gasteiger partial charge in [0.2, 0.25) is 0 Å². The van der Waals surface area contributed by atoms with Crippen LogP contribution in [0.2, 0.25) is 0 Å². The summed E-state index contributed by atoms with van der Waals surface area (Å²) in [5, 5.41) is 0. The molecule has 1 saturated carbocycles. The smallest absolute Gasteiger partial charge is 0.320 e. The summed E-state index contributed by atoms with van der Waals surface area (Å²) < 4.78 is 0. The van der Waals surface area contributed by atoms with Gasteiger partial charge in [0.15, 0.2) is 0 Å². The van der Waals surface area contributed by atoms with Gasteiger partial charge in [-0.2, -0.15) is 0 Å². The van der Waals surface area contributed by atoms with Gasteiger partial charge in [0.05, 0.1) is 5.54 Å². The third kappa shape index (κ3) is 2.03. The molecule has 0 bridgehead atoms. The van der Waals surface area contributed by atoms with Gasteiger partial charge in [0.25, 0.3) is 0 Å². The average Bonchev–Trinajstić information content (AvgIpc) is 3.09. The van der Waals surface area contributed by atoms with Crippen molar-refractivity contribution in [2.75, 3.05) is 26.2 Å². The lowest BCUT2D eigenvalue weighted by Crippen LogP contribution is -2.71. The van der Waals surface area contributed by atoms with Gasteiger partial charge >= 0.3 is 6.03 Å². The molecule has 2 amide bonds. The lowest BCUT2D eigenvalue weighted by Gasteiger charge is -2.50. The van der Waals surface area contributed by atoms with Crippen LogP contribution in [0.25, 0.3) is 0 Å². The maximum atomic E-state index is 12.2. The Balaban J connectivity index is 1.51. The first-order valence-electron chi connectivity index (χ1n) is 6.91. The number of carbonyl (C=O) groups excluding carboxylic acids is 1. The predicted octanol–water partition coefficient (Wildman–Crippen LogP) is 1.26. The van der Waals surface area contributed by atoms with Crippen LogP contribution in [0.3, 0.4) is 0 Å². The Labute approximate surface area is 103 Å². The molecular formula is C13H23N3O. The second kappa shape index (κ2) is 3.87. The number of piperidine rings is 1. The molecule has 2 saturated heterocycles. The number of hydrogen-bond acceptors (Lipinski definition) is 2. The van der Waals surface area contributed by atoms with Crippen molar-refractivity contribution in [3.8, 4) is 0 Å². The molecule has 3 fully saturated rings. The van der Waals surface area contributed by atoms with E-state index in [4.69, 9.17) is 5.73 Å². The molecule has 0 aromatic rings. The van der Waals surface area contributed by atoms with Gasteiger partial charge in [-0.1, -0.05) is 6.92 Å². The molecule has 4 heteroatoms. The summed E-state index contributed by atoms with van der Waals surface area (Å²) in [6, 6.07) is 0.221. The molecule has 3 rings (SSSR count). The lowest BCUT2D eigenvalue weighted by molar-refractivity contribution is 0.0541. The van der Waals surface area contributed by atoms with Crippen molar-refractivity contribution in [2.24, 2.45) is 17.6 Å². The molecule has 0 aromatic carbocycles. The summed E-state index contributed by atoms with van der Waals surface area (Å²) in [6.45, 7) is 5.68. The fourth-order valence-corrected chi connectivity index (χ4v) is 3.12. The molecular weight excluding hydrogens is 214 g/mol. The van der Waals surface area contributed by atoms with Crippen LogP contribution in [-0.4, -0.2) is 47.5 Å². The minimum atomic E-state index is -0.0429. The number of rotatable bonds is 1. The van der Waals surface area contributed by atoms with E-state index in [1.54, 1.807) is 0 Å². The number of nitrogens with two attached hydrogens (primary N) is 1. The van der Waals surface area contributed by atoms with Crippen LogP contribution in [0.5, 0.6) is 0 Å². The third-order valence-corrected chi connectivity index (χ3v) is 4.69. The van der Waals surface area contributed by atoms with E-state index in [0.29, 0.717) is 5.92 Å². The van der Waals surface area contributed by atoms with Crippen molar-refractivity contribution in [2.45, 2.75) is 38.1 Å². The molecule has 0 unspecified atom stereocenters. The molecule has 0 radical (unpaired) electrons. The van der Waals surface area contributed by atoms with E-state index in [1.807, 2.05) is 9.80 Å². The van der Waals surface area contributed by atoms with Crippen LogP contribution in [0.1, 0.15) is 32.6 Å². The fourth-order valence-electron chi connectivity index (χ4n) is 3.12. The third-order valence-electron chi connectivity index (χ3n) is 4.69.